The van der Waals surface area contributed by atoms with Crippen LogP contribution in [-0.4, -0.2) is 21.6 Å². The number of H-pyrrole nitrogens is 2. The fourth-order valence-electron chi connectivity index (χ4n) is 1.49. The van der Waals surface area contributed by atoms with E-state index in [1.54, 1.807) is 6.20 Å². The number of carbonyl (C=O) groups excluding carboxylic acids is 1. The van der Waals surface area contributed by atoms with Crippen molar-refractivity contribution in [2.24, 2.45) is 0 Å². The summed E-state index contributed by atoms with van der Waals surface area (Å²) in [7, 11) is 0. The van der Waals surface area contributed by atoms with E-state index in [-0.39, 0.29) is 23.0 Å². The quantitative estimate of drug-likeness (QED) is 0.550. The van der Waals surface area contributed by atoms with Crippen LogP contribution in [0.5, 0.6) is 0 Å². The van der Waals surface area contributed by atoms with E-state index in [0.717, 1.165) is 17.3 Å². The average Bonchev–Trinajstić information content (AvgIpc) is 2.35. The first-order valence-electron chi connectivity index (χ1n) is 5.81. The van der Waals surface area contributed by atoms with Crippen LogP contribution in [-0.2, 0) is 4.79 Å². The van der Waals surface area contributed by atoms with Crippen molar-refractivity contribution in [3.8, 4) is 0 Å². The number of thioether (sulfide) groups is 1. The van der Waals surface area contributed by atoms with E-state index in [1.807, 2.05) is 19.1 Å². The average molecular weight is 292 g/mol. The lowest BCUT2D eigenvalue weighted by Crippen LogP contribution is -2.21. The molecule has 7 nitrogen and oxygen atoms in total. The molecule has 0 bridgehead atoms. The Hall–Kier alpha value is -2.35. The zero-order valence-corrected chi connectivity index (χ0v) is 11.6. The zero-order chi connectivity index (χ0) is 14.5. The summed E-state index contributed by atoms with van der Waals surface area (Å²) in [5.41, 5.74) is 6.15. The summed E-state index contributed by atoms with van der Waals surface area (Å²) >= 11 is 1.11. The molecule has 0 atom stereocenters. The summed E-state index contributed by atoms with van der Waals surface area (Å²) in [6.07, 6.45) is 1.75. The lowest BCUT2D eigenvalue weighted by molar-refractivity contribution is -0.360. The molecule has 0 saturated heterocycles. The fourth-order valence-corrected chi connectivity index (χ4v) is 2.18. The number of rotatable bonds is 4. The topological polar surface area (TPSA) is 115 Å². The van der Waals surface area contributed by atoms with Crippen molar-refractivity contribution in [3.63, 3.8) is 0 Å². The number of anilines is 2. The number of carbonyl (C=O) groups is 1. The van der Waals surface area contributed by atoms with Gasteiger partial charge in [-0.25, -0.2) is 20.1 Å². The van der Waals surface area contributed by atoms with E-state index in [9.17, 15) is 9.59 Å². The van der Waals surface area contributed by atoms with Crippen molar-refractivity contribution < 1.29 is 9.78 Å². The van der Waals surface area contributed by atoms with Gasteiger partial charge in [-0.3, -0.25) is 4.79 Å². The molecule has 0 aromatic carbocycles. The molecule has 2 rings (SSSR count). The van der Waals surface area contributed by atoms with Crippen LogP contribution in [0.4, 0.5) is 11.6 Å². The van der Waals surface area contributed by atoms with Gasteiger partial charge in [0.15, 0.2) is 5.16 Å². The van der Waals surface area contributed by atoms with Crippen molar-refractivity contribution in [2.75, 3.05) is 16.8 Å². The fraction of sp³-hybridized carbons (Fsp3) is 0.167. The zero-order valence-electron chi connectivity index (χ0n) is 10.8. The van der Waals surface area contributed by atoms with Crippen molar-refractivity contribution in [1.82, 2.24) is 9.97 Å². The number of nitrogens with zero attached hydrogens (tertiary/aromatic N) is 1. The van der Waals surface area contributed by atoms with Gasteiger partial charge in [-0.15, -0.1) is 0 Å². The minimum absolute atomic E-state index is 0.119. The standard InChI is InChI=1S/C12H13N5O2S/c1-7-2-3-14-9(4-7)16-11(19)6-20-12-15-8(13)5-10(18)17-12/h2-5H,6H2,1H3,(H,14,16,19)(H3,13,15,17,18)/p+1. The summed E-state index contributed by atoms with van der Waals surface area (Å²) in [6.45, 7) is 1.93. The first-order valence-corrected chi connectivity index (χ1v) is 6.79. The number of nitrogens with two attached hydrogens (primary N) is 1. The Balaban J connectivity index is 1.93. The number of amides is 1. The molecule has 5 N–H and O–H groups in total. The number of aromatic nitrogens is 3. The van der Waals surface area contributed by atoms with E-state index in [1.165, 1.54) is 6.07 Å². The third-order valence-corrected chi connectivity index (χ3v) is 3.18. The predicted molar refractivity (Wildman–Crippen MR) is 76.4 cm³/mol. The van der Waals surface area contributed by atoms with E-state index in [0.29, 0.717) is 11.0 Å². The minimum atomic E-state index is -0.340. The number of aryl methyl sites for hydroxylation is 1. The molecule has 8 heteroatoms. The van der Waals surface area contributed by atoms with Gasteiger partial charge < -0.3 is 10.7 Å². The van der Waals surface area contributed by atoms with Gasteiger partial charge in [-0.2, -0.15) is 0 Å². The van der Waals surface area contributed by atoms with Crippen LogP contribution in [0.1, 0.15) is 5.56 Å². The first kappa shape index (κ1) is 14.1. The van der Waals surface area contributed by atoms with Gasteiger partial charge in [0.05, 0.1) is 6.20 Å². The number of aromatic amines is 2. The second-order valence-electron chi connectivity index (χ2n) is 4.09. The second kappa shape index (κ2) is 6.20. The highest BCUT2D eigenvalue weighted by atomic mass is 32.2. The molecule has 0 radical (unpaired) electrons. The maximum absolute atomic E-state index is 11.8. The summed E-state index contributed by atoms with van der Waals surface area (Å²) in [4.78, 5) is 32.3. The molecule has 0 saturated carbocycles. The number of nitrogen functional groups attached to an aromatic ring is 1. The Morgan fingerprint density at radius 3 is 3.05 bits per heavy atom. The van der Waals surface area contributed by atoms with Gasteiger partial charge in [0.2, 0.25) is 0 Å². The third kappa shape index (κ3) is 4.09. The molecule has 2 aromatic heterocycles. The molecule has 0 aliphatic carbocycles. The minimum Gasteiger partial charge on any atom is -0.383 e. The summed E-state index contributed by atoms with van der Waals surface area (Å²) in [6, 6.07) is 4.90. The molecule has 2 aromatic rings. The van der Waals surface area contributed by atoms with E-state index >= 15 is 0 Å². The summed E-state index contributed by atoms with van der Waals surface area (Å²) < 4.78 is 0. The van der Waals surface area contributed by atoms with E-state index < -0.39 is 0 Å². The number of hydrogen-bond acceptors (Lipinski definition) is 5. The molecule has 0 fully saturated rings. The lowest BCUT2D eigenvalue weighted by atomic mass is 10.3. The molecule has 0 aliphatic rings. The van der Waals surface area contributed by atoms with Gasteiger partial charge in [-0.05, 0) is 18.6 Å². The molecule has 0 aliphatic heterocycles. The van der Waals surface area contributed by atoms with Crippen LogP contribution >= 0.6 is 11.8 Å². The smallest absolute Gasteiger partial charge is 0.317 e. The highest BCUT2D eigenvalue weighted by molar-refractivity contribution is 7.99. The molecule has 0 unspecified atom stereocenters. The third-order valence-electron chi connectivity index (χ3n) is 2.31. The summed E-state index contributed by atoms with van der Waals surface area (Å²) in [5, 5.41) is 3.03. The Labute approximate surface area is 119 Å². The van der Waals surface area contributed by atoms with Gasteiger partial charge >= 0.3 is 5.91 Å². The largest absolute Gasteiger partial charge is 0.383 e. The van der Waals surface area contributed by atoms with Crippen molar-refractivity contribution in [2.45, 2.75) is 12.1 Å². The molecule has 0 spiro atoms. The van der Waals surface area contributed by atoms with Gasteiger partial charge in [0, 0.05) is 12.1 Å². The van der Waals surface area contributed by atoms with E-state index in [2.05, 4.69) is 20.3 Å². The van der Waals surface area contributed by atoms with Crippen LogP contribution in [0.3, 0.4) is 0 Å². The van der Waals surface area contributed by atoms with Crippen LogP contribution in [0.25, 0.3) is 0 Å². The number of nitrogens with one attached hydrogen (secondary N) is 3. The Bertz CT molecular complexity index is 686. The second-order valence-corrected chi connectivity index (χ2v) is 5.06. The lowest BCUT2D eigenvalue weighted by Gasteiger charge is -2.00. The van der Waals surface area contributed by atoms with Crippen molar-refractivity contribution in [1.29, 1.82) is 0 Å². The molecule has 1 amide bonds. The van der Waals surface area contributed by atoms with Gasteiger partial charge in [-0.1, -0.05) is 11.8 Å². The van der Waals surface area contributed by atoms with E-state index in [4.69, 9.17) is 5.73 Å². The molecule has 104 valence electrons. The Morgan fingerprint density at radius 2 is 2.35 bits per heavy atom. The molecular weight excluding hydrogens is 278 g/mol. The number of pyridine rings is 1. The SMILES string of the molecule is Cc1cc[nH+]c(NC(=O)CSc2nc(N)cc(=O)[nH]2)c1. The maximum Gasteiger partial charge on any atom is 0.317 e. The van der Waals surface area contributed by atoms with Crippen molar-refractivity contribution >= 4 is 29.3 Å². The predicted octanol–water partition coefficient (Wildman–Crippen LogP) is 0.205. The van der Waals surface area contributed by atoms with Crippen LogP contribution in [0.2, 0.25) is 0 Å². The highest BCUT2D eigenvalue weighted by Gasteiger charge is 2.11. The summed E-state index contributed by atoms with van der Waals surface area (Å²) in [5.74, 6) is 0.656. The number of hydrogen-bond donors (Lipinski definition) is 3. The van der Waals surface area contributed by atoms with Crippen molar-refractivity contribution in [3.05, 3.63) is 40.3 Å². The van der Waals surface area contributed by atoms with Gasteiger partial charge in [0.1, 0.15) is 11.6 Å². The highest BCUT2D eigenvalue weighted by Crippen LogP contribution is 2.12. The van der Waals surface area contributed by atoms with Gasteiger partial charge in [0.25, 0.3) is 11.4 Å². The molecule has 2 heterocycles. The normalized spacial score (nSPS) is 10.2. The van der Waals surface area contributed by atoms with Crippen LogP contribution in [0.15, 0.2) is 34.3 Å². The monoisotopic (exact) mass is 292 g/mol. The van der Waals surface area contributed by atoms with Crippen LogP contribution < -0.4 is 21.6 Å². The maximum atomic E-state index is 11.8. The van der Waals surface area contributed by atoms with Crippen LogP contribution in [0, 0.1) is 6.92 Å². The molecular formula is C12H14N5O2S+. The first-order chi connectivity index (χ1) is 9.52. The molecule has 20 heavy (non-hydrogen) atoms. The Morgan fingerprint density at radius 1 is 1.55 bits per heavy atom. The Kier molecular flexibility index (Phi) is 4.36.